The van der Waals surface area contributed by atoms with Gasteiger partial charge < -0.3 is 14.8 Å². The second kappa shape index (κ2) is 9.24. The number of hydrogen-bond acceptors (Lipinski definition) is 6. The van der Waals surface area contributed by atoms with E-state index in [0.29, 0.717) is 23.9 Å². The van der Waals surface area contributed by atoms with Crippen molar-refractivity contribution in [3.05, 3.63) is 40.7 Å². The second-order valence-corrected chi connectivity index (χ2v) is 8.26. The zero-order valence-corrected chi connectivity index (χ0v) is 18.1. The normalized spacial score (nSPS) is 21.0. The van der Waals surface area contributed by atoms with Gasteiger partial charge in [-0.3, -0.25) is 9.69 Å². The third-order valence-corrected chi connectivity index (χ3v) is 6.06. The van der Waals surface area contributed by atoms with E-state index in [9.17, 15) is 4.79 Å². The van der Waals surface area contributed by atoms with Gasteiger partial charge in [0.2, 0.25) is 0 Å². The van der Waals surface area contributed by atoms with Crippen molar-refractivity contribution in [1.82, 2.24) is 25.2 Å². The molecule has 0 aliphatic carbocycles. The molecular weight excluding hydrogens is 382 g/mol. The molecule has 0 bridgehead atoms. The summed E-state index contributed by atoms with van der Waals surface area (Å²) in [5.74, 6) is 0.246. The topological polar surface area (TPSA) is 81.5 Å². The molecule has 3 heterocycles. The lowest BCUT2D eigenvalue weighted by atomic mass is 9.97. The Balaban J connectivity index is 1.46. The molecule has 1 aromatic heterocycles. The molecule has 4 rings (SSSR count). The summed E-state index contributed by atoms with van der Waals surface area (Å²) in [7, 11) is 0. The Hall–Kier alpha value is -2.29. The number of ether oxygens (including phenoxy) is 2. The molecule has 1 N–H and O–H groups in total. The highest BCUT2D eigenvalue weighted by Crippen LogP contribution is 2.22. The van der Waals surface area contributed by atoms with E-state index in [4.69, 9.17) is 9.47 Å². The van der Waals surface area contributed by atoms with Gasteiger partial charge in [-0.15, -0.1) is 5.10 Å². The molecule has 162 valence electrons. The Morgan fingerprint density at radius 3 is 2.67 bits per heavy atom. The fraction of sp³-hybridized carbons (Fsp3) is 0.591. The lowest BCUT2D eigenvalue weighted by Gasteiger charge is -2.37. The van der Waals surface area contributed by atoms with Gasteiger partial charge in [0.1, 0.15) is 0 Å². The summed E-state index contributed by atoms with van der Waals surface area (Å²) in [4.78, 5) is 16.9. The lowest BCUT2D eigenvalue weighted by Crippen LogP contribution is -2.52. The molecule has 2 atom stereocenters. The zero-order chi connectivity index (χ0) is 21.1. The van der Waals surface area contributed by atoms with Gasteiger partial charge in [-0.05, 0) is 38.8 Å². The van der Waals surface area contributed by atoms with E-state index in [0.717, 1.165) is 57.2 Å². The van der Waals surface area contributed by atoms with Crippen LogP contribution in [0.25, 0.3) is 5.69 Å². The Morgan fingerprint density at radius 2 is 1.97 bits per heavy atom. The van der Waals surface area contributed by atoms with E-state index in [1.54, 1.807) is 4.80 Å². The van der Waals surface area contributed by atoms with E-state index in [1.165, 1.54) is 5.56 Å². The van der Waals surface area contributed by atoms with Crippen molar-refractivity contribution in [2.45, 2.75) is 33.2 Å². The molecule has 8 heteroatoms. The van der Waals surface area contributed by atoms with Crippen LogP contribution in [0.2, 0.25) is 0 Å². The first-order valence-electron chi connectivity index (χ1n) is 10.7. The highest BCUT2D eigenvalue weighted by Gasteiger charge is 2.32. The van der Waals surface area contributed by atoms with Crippen LogP contribution in [0.4, 0.5) is 0 Å². The Kier molecular flexibility index (Phi) is 6.46. The maximum absolute atomic E-state index is 12.9. The largest absolute Gasteiger partial charge is 0.381 e. The second-order valence-electron chi connectivity index (χ2n) is 8.26. The molecule has 1 amide bonds. The number of carbonyl (C=O) groups excluding carboxylic acids is 1. The van der Waals surface area contributed by atoms with Gasteiger partial charge in [0.05, 0.1) is 31.2 Å². The minimum absolute atomic E-state index is 0.180. The van der Waals surface area contributed by atoms with E-state index in [1.807, 2.05) is 26.0 Å². The van der Waals surface area contributed by atoms with Gasteiger partial charge in [0, 0.05) is 38.2 Å². The molecule has 8 nitrogen and oxygen atoms in total. The quantitative estimate of drug-likeness (QED) is 0.776. The number of amides is 1. The summed E-state index contributed by atoms with van der Waals surface area (Å²) in [5.41, 5.74) is 4.14. The predicted octanol–water partition coefficient (Wildman–Crippen LogP) is 1.66. The number of aryl methyl sites for hydroxylation is 3. The first kappa shape index (κ1) is 21.0. The van der Waals surface area contributed by atoms with Crippen molar-refractivity contribution in [2.24, 2.45) is 5.92 Å². The third-order valence-electron chi connectivity index (χ3n) is 6.06. The van der Waals surface area contributed by atoms with Gasteiger partial charge in [-0.25, -0.2) is 0 Å². The SMILES string of the molecule is Cc1ccc(-n2nc(C)c(C(=O)NCC(C3CCOC3)N3CCOCC3)n2)c(C)c1. The van der Waals surface area contributed by atoms with Gasteiger partial charge >= 0.3 is 0 Å². The minimum atomic E-state index is -0.180. The first-order chi connectivity index (χ1) is 14.5. The molecule has 2 unspecified atom stereocenters. The molecule has 1 aromatic carbocycles. The van der Waals surface area contributed by atoms with Crippen molar-refractivity contribution in [1.29, 1.82) is 0 Å². The summed E-state index contributed by atoms with van der Waals surface area (Å²) in [6.45, 7) is 11.3. The van der Waals surface area contributed by atoms with E-state index in [2.05, 4.69) is 33.4 Å². The molecule has 0 radical (unpaired) electrons. The van der Waals surface area contributed by atoms with E-state index in [-0.39, 0.29) is 11.9 Å². The van der Waals surface area contributed by atoms with Crippen LogP contribution in [-0.4, -0.2) is 77.9 Å². The molecule has 2 saturated heterocycles. The minimum Gasteiger partial charge on any atom is -0.381 e. The third kappa shape index (κ3) is 4.55. The average molecular weight is 414 g/mol. The summed E-state index contributed by atoms with van der Waals surface area (Å²) >= 11 is 0. The molecule has 2 fully saturated rings. The molecule has 0 saturated carbocycles. The van der Waals surface area contributed by atoms with Crippen LogP contribution in [0.15, 0.2) is 18.2 Å². The van der Waals surface area contributed by atoms with Gasteiger partial charge in [-0.1, -0.05) is 17.7 Å². The molecule has 30 heavy (non-hydrogen) atoms. The maximum atomic E-state index is 12.9. The van der Waals surface area contributed by atoms with Crippen molar-refractivity contribution in [2.75, 3.05) is 46.1 Å². The smallest absolute Gasteiger partial charge is 0.273 e. The van der Waals surface area contributed by atoms with Crippen LogP contribution in [0.3, 0.4) is 0 Å². The van der Waals surface area contributed by atoms with Crippen LogP contribution in [-0.2, 0) is 9.47 Å². The Bertz CT molecular complexity index is 885. The number of benzene rings is 1. The highest BCUT2D eigenvalue weighted by molar-refractivity contribution is 5.93. The molecule has 2 aliphatic heterocycles. The Labute approximate surface area is 177 Å². The fourth-order valence-corrected chi connectivity index (χ4v) is 4.37. The van der Waals surface area contributed by atoms with Crippen LogP contribution in [0, 0.1) is 26.7 Å². The summed E-state index contributed by atoms with van der Waals surface area (Å²) < 4.78 is 11.1. The monoisotopic (exact) mass is 413 g/mol. The summed E-state index contributed by atoms with van der Waals surface area (Å²) in [6, 6.07) is 6.34. The number of rotatable bonds is 6. The van der Waals surface area contributed by atoms with Crippen LogP contribution < -0.4 is 5.32 Å². The van der Waals surface area contributed by atoms with Crippen LogP contribution >= 0.6 is 0 Å². The van der Waals surface area contributed by atoms with Gasteiger partial charge in [-0.2, -0.15) is 9.90 Å². The first-order valence-corrected chi connectivity index (χ1v) is 10.7. The summed E-state index contributed by atoms with van der Waals surface area (Å²) in [6.07, 6.45) is 1.03. The van der Waals surface area contributed by atoms with E-state index >= 15 is 0 Å². The lowest BCUT2D eigenvalue weighted by molar-refractivity contribution is 0.00165. The van der Waals surface area contributed by atoms with Crippen LogP contribution in [0.5, 0.6) is 0 Å². The number of nitrogens with one attached hydrogen (secondary N) is 1. The highest BCUT2D eigenvalue weighted by atomic mass is 16.5. The van der Waals surface area contributed by atoms with Crippen molar-refractivity contribution in [3.8, 4) is 5.69 Å². The molecule has 0 spiro atoms. The number of hydrogen-bond donors (Lipinski definition) is 1. The Morgan fingerprint density at radius 1 is 1.17 bits per heavy atom. The standard InChI is InChI=1S/C22H31N5O3/c1-15-4-5-19(16(2)12-15)27-24-17(3)21(25-27)22(28)23-13-20(18-6-9-30-14-18)26-7-10-29-11-8-26/h4-5,12,18,20H,6-11,13-14H2,1-3H3,(H,23,28). The van der Waals surface area contributed by atoms with Crippen molar-refractivity contribution < 1.29 is 14.3 Å². The predicted molar refractivity (Wildman–Crippen MR) is 113 cm³/mol. The van der Waals surface area contributed by atoms with Gasteiger partial charge in [0.15, 0.2) is 5.69 Å². The molecule has 2 aromatic rings. The van der Waals surface area contributed by atoms with Crippen molar-refractivity contribution >= 4 is 5.91 Å². The average Bonchev–Trinajstić information content (AvgIpc) is 3.39. The number of nitrogens with zero attached hydrogens (tertiary/aromatic N) is 4. The fourth-order valence-electron chi connectivity index (χ4n) is 4.37. The summed E-state index contributed by atoms with van der Waals surface area (Å²) in [5, 5.41) is 12.1. The molecule has 2 aliphatic rings. The van der Waals surface area contributed by atoms with Crippen LogP contribution in [0.1, 0.15) is 33.7 Å². The number of morpholine rings is 1. The zero-order valence-electron chi connectivity index (χ0n) is 18.1. The number of aromatic nitrogens is 3. The maximum Gasteiger partial charge on any atom is 0.273 e. The van der Waals surface area contributed by atoms with E-state index < -0.39 is 0 Å². The van der Waals surface area contributed by atoms with Crippen molar-refractivity contribution in [3.63, 3.8) is 0 Å². The number of carbonyl (C=O) groups is 1. The molecular formula is C22H31N5O3. The van der Waals surface area contributed by atoms with Gasteiger partial charge in [0.25, 0.3) is 5.91 Å².